The third-order valence-electron chi connectivity index (χ3n) is 2.47. The lowest BCUT2D eigenvalue weighted by Crippen LogP contribution is -2.39. The fraction of sp³-hybridized carbons (Fsp3) is 0.455. The molecule has 0 aliphatic heterocycles. The van der Waals surface area contributed by atoms with Crippen LogP contribution in [0.1, 0.15) is 6.92 Å². The van der Waals surface area contributed by atoms with E-state index in [2.05, 4.69) is 15.7 Å². The van der Waals surface area contributed by atoms with Crippen molar-refractivity contribution in [2.45, 2.75) is 19.5 Å². The molecule has 0 radical (unpaired) electrons. The normalized spacial score (nSPS) is 12.3. The summed E-state index contributed by atoms with van der Waals surface area (Å²) < 4.78 is 7.10. The number of carbonyl (C=O) groups is 1. The highest BCUT2D eigenvalue weighted by atomic mass is 32.1. The van der Waals surface area contributed by atoms with E-state index in [1.807, 2.05) is 18.4 Å². The van der Waals surface area contributed by atoms with E-state index in [4.69, 9.17) is 4.74 Å². The van der Waals surface area contributed by atoms with Crippen LogP contribution in [0, 0.1) is 0 Å². The van der Waals surface area contributed by atoms with Crippen LogP contribution in [0.5, 0.6) is 0 Å². The maximum atomic E-state index is 12.0. The minimum absolute atomic E-state index is 0.129. The molecule has 0 unspecified atom stereocenters. The fourth-order valence-electron chi connectivity index (χ4n) is 1.65. The smallest absolute Gasteiger partial charge is 0.369 e. The molecule has 0 saturated heterocycles. The molecule has 8 nitrogen and oxygen atoms in total. The highest BCUT2D eigenvalue weighted by molar-refractivity contribution is 7.12. The number of hydrogen-bond donors (Lipinski definition) is 1. The number of rotatable bonds is 6. The zero-order chi connectivity index (χ0) is 14.5. The van der Waals surface area contributed by atoms with E-state index < -0.39 is 5.69 Å². The molecule has 9 heteroatoms. The van der Waals surface area contributed by atoms with E-state index in [0.29, 0.717) is 11.6 Å². The Hall–Kier alpha value is -2.00. The number of tetrazole rings is 1. The number of aromatic nitrogens is 4. The number of thiophene rings is 1. The molecule has 0 bridgehead atoms. The van der Waals surface area contributed by atoms with Crippen molar-refractivity contribution in [2.75, 3.05) is 13.7 Å². The number of nitrogens with zero attached hydrogens (tertiary/aromatic N) is 4. The lowest BCUT2D eigenvalue weighted by Gasteiger charge is -2.11. The Kier molecular flexibility index (Phi) is 4.64. The molecule has 2 rings (SSSR count). The lowest BCUT2D eigenvalue weighted by molar-refractivity contribution is -0.122. The van der Waals surface area contributed by atoms with Gasteiger partial charge in [-0.15, -0.1) is 11.3 Å². The summed E-state index contributed by atoms with van der Waals surface area (Å²) in [4.78, 5) is 23.8. The number of hydrogen-bond acceptors (Lipinski definition) is 6. The largest absolute Gasteiger partial charge is 0.383 e. The van der Waals surface area contributed by atoms with Crippen molar-refractivity contribution in [1.29, 1.82) is 0 Å². The Morgan fingerprint density at radius 3 is 3.00 bits per heavy atom. The number of carbonyl (C=O) groups excluding carboxylic acids is 1. The molecule has 20 heavy (non-hydrogen) atoms. The van der Waals surface area contributed by atoms with Crippen molar-refractivity contribution in [2.24, 2.45) is 0 Å². The summed E-state index contributed by atoms with van der Waals surface area (Å²) >= 11 is 1.37. The molecule has 0 aromatic carbocycles. The molecule has 2 aromatic heterocycles. The molecule has 0 spiro atoms. The van der Waals surface area contributed by atoms with Crippen molar-refractivity contribution in [3.05, 3.63) is 28.0 Å². The quantitative estimate of drug-likeness (QED) is 0.786. The monoisotopic (exact) mass is 297 g/mol. The first-order chi connectivity index (χ1) is 9.61. The van der Waals surface area contributed by atoms with Crippen LogP contribution < -0.4 is 11.0 Å². The molecule has 1 amide bonds. The molecule has 1 N–H and O–H groups in total. The van der Waals surface area contributed by atoms with Crippen LogP contribution in [0.4, 0.5) is 0 Å². The van der Waals surface area contributed by atoms with Crippen molar-refractivity contribution >= 4 is 17.2 Å². The molecular formula is C11H15N5O3S. The van der Waals surface area contributed by atoms with Gasteiger partial charge in [-0.2, -0.15) is 9.36 Å². The molecule has 0 aliphatic rings. The molecular weight excluding hydrogens is 282 g/mol. The van der Waals surface area contributed by atoms with Gasteiger partial charge in [-0.3, -0.25) is 4.79 Å². The summed E-state index contributed by atoms with van der Waals surface area (Å²) in [6.07, 6.45) is 0. The second-order valence-electron chi connectivity index (χ2n) is 4.21. The van der Waals surface area contributed by atoms with Crippen molar-refractivity contribution in [1.82, 2.24) is 25.1 Å². The minimum atomic E-state index is -0.443. The van der Waals surface area contributed by atoms with E-state index in [0.717, 1.165) is 9.36 Å². The third kappa shape index (κ3) is 3.31. The zero-order valence-electron chi connectivity index (χ0n) is 11.1. The van der Waals surface area contributed by atoms with Gasteiger partial charge in [0.15, 0.2) is 0 Å². The van der Waals surface area contributed by atoms with Crippen LogP contribution in [-0.2, 0) is 16.1 Å². The van der Waals surface area contributed by atoms with E-state index in [9.17, 15) is 9.59 Å². The average molecular weight is 297 g/mol. The van der Waals surface area contributed by atoms with E-state index in [1.165, 1.54) is 11.3 Å². The van der Waals surface area contributed by atoms with Crippen LogP contribution in [0.3, 0.4) is 0 Å². The van der Waals surface area contributed by atoms with Gasteiger partial charge in [0.1, 0.15) is 11.5 Å². The molecule has 2 aromatic rings. The molecule has 108 valence electrons. The maximum absolute atomic E-state index is 12.0. The van der Waals surface area contributed by atoms with Crippen LogP contribution in [-0.4, -0.2) is 45.5 Å². The molecule has 2 heterocycles. The van der Waals surface area contributed by atoms with Gasteiger partial charge < -0.3 is 10.1 Å². The first-order valence-corrected chi connectivity index (χ1v) is 6.84. The predicted molar refractivity (Wildman–Crippen MR) is 73.0 cm³/mol. The summed E-state index contributed by atoms with van der Waals surface area (Å²) in [5.41, 5.74) is -0.443. The SMILES string of the molecule is COC[C@@H](C)NC(=O)Cn1nnn(-c2cccs2)c1=O. The Morgan fingerprint density at radius 1 is 1.55 bits per heavy atom. The number of ether oxygens (including phenoxy) is 1. The highest BCUT2D eigenvalue weighted by Crippen LogP contribution is 2.10. The number of nitrogens with one attached hydrogen (secondary N) is 1. The topological polar surface area (TPSA) is 91.0 Å². The first-order valence-electron chi connectivity index (χ1n) is 5.97. The van der Waals surface area contributed by atoms with Gasteiger partial charge in [0.05, 0.1) is 6.61 Å². The maximum Gasteiger partial charge on any atom is 0.369 e. The Balaban J connectivity index is 2.04. The summed E-state index contributed by atoms with van der Waals surface area (Å²) in [5, 5.41) is 12.6. The van der Waals surface area contributed by atoms with Crippen LogP contribution in [0.15, 0.2) is 22.3 Å². The number of methoxy groups -OCH3 is 1. The van der Waals surface area contributed by atoms with Gasteiger partial charge in [-0.05, 0) is 34.9 Å². The summed E-state index contributed by atoms with van der Waals surface area (Å²) in [5.74, 6) is -0.310. The molecule has 0 saturated carbocycles. The molecule has 0 fully saturated rings. The van der Waals surface area contributed by atoms with Crippen molar-refractivity contribution in [3.63, 3.8) is 0 Å². The summed E-state index contributed by atoms with van der Waals surface area (Å²) in [6, 6.07) is 3.44. The van der Waals surface area contributed by atoms with Crippen molar-refractivity contribution < 1.29 is 9.53 Å². The van der Waals surface area contributed by atoms with Gasteiger partial charge in [0.2, 0.25) is 5.91 Å². The zero-order valence-corrected chi connectivity index (χ0v) is 12.0. The van der Waals surface area contributed by atoms with Crippen LogP contribution in [0.2, 0.25) is 0 Å². The molecule has 1 atom stereocenters. The summed E-state index contributed by atoms with van der Waals surface area (Å²) in [7, 11) is 1.56. The van der Waals surface area contributed by atoms with Gasteiger partial charge in [-0.25, -0.2) is 4.79 Å². The summed E-state index contributed by atoms with van der Waals surface area (Å²) in [6.45, 7) is 2.05. The Bertz CT molecular complexity index is 618. The second-order valence-corrected chi connectivity index (χ2v) is 5.13. The van der Waals surface area contributed by atoms with Crippen LogP contribution >= 0.6 is 11.3 Å². The predicted octanol–water partition coefficient (Wildman–Crippen LogP) is -0.358. The third-order valence-corrected chi connectivity index (χ3v) is 3.32. The fourth-order valence-corrected chi connectivity index (χ4v) is 2.32. The van der Waals surface area contributed by atoms with E-state index in [1.54, 1.807) is 13.2 Å². The van der Waals surface area contributed by atoms with Gasteiger partial charge in [0, 0.05) is 13.2 Å². The van der Waals surface area contributed by atoms with E-state index in [-0.39, 0.29) is 18.5 Å². The lowest BCUT2D eigenvalue weighted by atomic mass is 10.3. The highest BCUT2D eigenvalue weighted by Gasteiger charge is 2.14. The number of amides is 1. The second kappa shape index (κ2) is 6.44. The van der Waals surface area contributed by atoms with Gasteiger partial charge in [0.25, 0.3) is 0 Å². The first kappa shape index (κ1) is 14.4. The average Bonchev–Trinajstić information content (AvgIpc) is 3.00. The standard InChI is InChI=1S/C11H15N5O3S/c1-8(7-19-2)12-9(17)6-15-11(18)16(14-13-15)10-4-3-5-20-10/h3-5,8H,6-7H2,1-2H3,(H,12,17)/t8-/m1/s1. The van der Waals surface area contributed by atoms with Crippen LogP contribution in [0.25, 0.3) is 5.00 Å². The Morgan fingerprint density at radius 2 is 2.35 bits per heavy atom. The van der Waals surface area contributed by atoms with Gasteiger partial charge >= 0.3 is 5.69 Å². The minimum Gasteiger partial charge on any atom is -0.383 e. The van der Waals surface area contributed by atoms with E-state index >= 15 is 0 Å². The van der Waals surface area contributed by atoms with Gasteiger partial charge in [-0.1, -0.05) is 0 Å². The Labute approximate surface area is 118 Å². The molecule has 0 aliphatic carbocycles. The van der Waals surface area contributed by atoms with Crippen molar-refractivity contribution in [3.8, 4) is 5.00 Å².